The van der Waals surface area contributed by atoms with E-state index in [9.17, 15) is 14.7 Å². The van der Waals surface area contributed by atoms with E-state index >= 15 is 0 Å². The molecule has 2 N–H and O–H groups in total. The molecule has 1 aliphatic heterocycles. The third kappa shape index (κ3) is 2.81. The van der Waals surface area contributed by atoms with Crippen LogP contribution in [0.4, 0.5) is 4.79 Å². The molecule has 0 spiro atoms. The van der Waals surface area contributed by atoms with Gasteiger partial charge in [-0.15, -0.1) is 0 Å². The van der Waals surface area contributed by atoms with E-state index in [1.165, 1.54) is 20.3 Å². The van der Waals surface area contributed by atoms with Gasteiger partial charge in [-0.3, -0.25) is 4.79 Å². The highest BCUT2D eigenvalue weighted by Crippen LogP contribution is 2.33. The number of rotatable bonds is 3. The van der Waals surface area contributed by atoms with Crippen molar-refractivity contribution in [3.63, 3.8) is 0 Å². The molecule has 0 aromatic heterocycles. The molecule has 1 aliphatic rings. The minimum Gasteiger partial charge on any atom is -0.504 e. The number of esters is 1. The fraction of sp³-hybridized carbons (Fsp3) is 0.357. The topological polar surface area (TPSA) is 97.2 Å². The van der Waals surface area contributed by atoms with Gasteiger partial charge in [0.1, 0.15) is 5.92 Å². The summed E-state index contributed by atoms with van der Waals surface area (Å²) in [6.07, 6.45) is 0. The number of phenols is 1. The van der Waals surface area contributed by atoms with Gasteiger partial charge in [-0.05, 0) is 24.6 Å². The van der Waals surface area contributed by atoms with E-state index < -0.39 is 24.0 Å². The van der Waals surface area contributed by atoms with Gasteiger partial charge in [0, 0.05) is 5.71 Å². The lowest BCUT2D eigenvalue weighted by Crippen LogP contribution is -2.44. The van der Waals surface area contributed by atoms with Crippen molar-refractivity contribution in [3.8, 4) is 11.5 Å². The first-order valence-electron chi connectivity index (χ1n) is 6.28. The van der Waals surface area contributed by atoms with Crippen molar-refractivity contribution in [2.75, 3.05) is 14.2 Å². The molecule has 2 rings (SSSR count). The van der Waals surface area contributed by atoms with Crippen molar-refractivity contribution < 1.29 is 24.2 Å². The highest BCUT2D eigenvalue weighted by atomic mass is 16.5. The van der Waals surface area contributed by atoms with Gasteiger partial charge in [0.25, 0.3) is 0 Å². The third-order valence-electron chi connectivity index (χ3n) is 3.36. The van der Waals surface area contributed by atoms with Crippen LogP contribution in [0.15, 0.2) is 23.2 Å². The highest BCUT2D eigenvalue weighted by Gasteiger charge is 2.37. The molecule has 0 bridgehead atoms. The Balaban J connectivity index is 2.46. The van der Waals surface area contributed by atoms with Crippen LogP contribution in [-0.4, -0.2) is 37.0 Å². The fourth-order valence-electron chi connectivity index (χ4n) is 2.32. The Kier molecular flexibility index (Phi) is 4.11. The molecule has 0 radical (unpaired) electrons. The summed E-state index contributed by atoms with van der Waals surface area (Å²) in [5, 5.41) is 12.3. The normalized spacial score (nSPS) is 21.3. The molecule has 2 amide bonds. The number of ether oxygens (including phenoxy) is 2. The summed E-state index contributed by atoms with van der Waals surface area (Å²) in [4.78, 5) is 27.3. The van der Waals surface area contributed by atoms with E-state index in [1.807, 2.05) is 0 Å². The number of phenolic OH excluding ortho intramolecular Hbond substituents is 1. The number of hydrogen-bond donors (Lipinski definition) is 2. The Bertz CT molecular complexity index is 611. The monoisotopic (exact) mass is 292 g/mol. The maximum Gasteiger partial charge on any atom is 0.341 e. The van der Waals surface area contributed by atoms with E-state index in [4.69, 9.17) is 9.47 Å². The molecule has 21 heavy (non-hydrogen) atoms. The van der Waals surface area contributed by atoms with Gasteiger partial charge in [-0.2, -0.15) is 0 Å². The van der Waals surface area contributed by atoms with Crippen molar-refractivity contribution in [3.05, 3.63) is 23.8 Å². The number of hydrogen-bond acceptors (Lipinski definition) is 5. The highest BCUT2D eigenvalue weighted by molar-refractivity contribution is 6.08. The summed E-state index contributed by atoms with van der Waals surface area (Å²) in [5.74, 6) is -0.982. The summed E-state index contributed by atoms with van der Waals surface area (Å²) in [5.41, 5.74) is 0.991. The molecule has 1 aromatic rings. The second-order valence-electron chi connectivity index (χ2n) is 4.61. The number of urea groups is 1. The maximum atomic E-state index is 12.0. The lowest BCUT2D eigenvalue weighted by Gasteiger charge is -2.29. The van der Waals surface area contributed by atoms with E-state index in [-0.39, 0.29) is 11.5 Å². The quantitative estimate of drug-likeness (QED) is 0.821. The van der Waals surface area contributed by atoms with E-state index in [2.05, 4.69) is 10.3 Å². The van der Waals surface area contributed by atoms with Gasteiger partial charge in [0.05, 0.1) is 20.3 Å². The van der Waals surface area contributed by atoms with E-state index in [0.29, 0.717) is 11.3 Å². The SMILES string of the molecule is COC(=O)C1C(C)=NC(=O)NC1c1ccc(O)c(OC)c1. The second-order valence-corrected chi connectivity index (χ2v) is 4.61. The first kappa shape index (κ1) is 14.8. The van der Waals surface area contributed by atoms with Gasteiger partial charge in [-0.1, -0.05) is 6.07 Å². The number of nitrogens with one attached hydrogen (secondary N) is 1. The van der Waals surface area contributed by atoms with Crippen LogP contribution in [0, 0.1) is 5.92 Å². The molecule has 0 saturated carbocycles. The van der Waals surface area contributed by atoms with Crippen LogP contribution in [0.3, 0.4) is 0 Å². The predicted molar refractivity (Wildman–Crippen MR) is 74.5 cm³/mol. The smallest absolute Gasteiger partial charge is 0.341 e. The average molecular weight is 292 g/mol. The number of amides is 2. The van der Waals surface area contributed by atoms with Gasteiger partial charge in [0.2, 0.25) is 0 Å². The van der Waals surface area contributed by atoms with Crippen LogP contribution in [0.2, 0.25) is 0 Å². The number of aliphatic imine (C=N–C) groups is 1. The van der Waals surface area contributed by atoms with Crippen LogP contribution in [0.25, 0.3) is 0 Å². The van der Waals surface area contributed by atoms with Gasteiger partial charge < -0.3 is 19.9 Å². The summed E-state index contributed by atoms with van der Waals surface area (Å²) < 4.78 is 9.82. The maximum absolute atomic E-state index is 12.0. The molecule has 2 unspecified atom stereocenters. The lowest BCUT2D eigenvalue weighted by atomic mass is 9.88. The zero-order valence-corrected chi connectivity index (χ0v) is 11.9. The Morgan fingerprint density at radius 1 is 1.38 bits per heavy atom. The van der Waals surface area contributed by atoms with Crippen LogP contribution in [0.5, 0.6) is 11.5 Å². The third-order valence-corrected chi connectivity index (χ3v) is 3.36. The average Bonchev–Trinajstić information content (AvgIpc) is 2.46. The molecule has 0 aliphatic carbocycles. The number of aromatic hydroxyl groups is 1. The minimum absolute atomic E-state index is 0.0246. The number of carbonyl (C=O) groups excluding carboxylic acids is 2. The molecule has 1 aromatic carbocycles. The number of carbonyl (C=O) groups is 2. The molecule has 0 saturated heterocycles. The van der Waals surface area contributed by atoms with Crippen molar-refractivity contribution in [1.82, 2.24) is 5.32 Å². The second kappa shape index (κ2) is 5.82. The Labute approximate surface area is 121 Å². The molecular formula is C14H16N2O5. The Morgan fingerprint density at radius 2 is 2.10 bits per heavy atom. The van der Waals surface area contributed by atoms with E-state index in [0.717, 1.165) is 0 Å². The summed E-state index contributed by atoms with van der Waals surface area (Å²) in [6.45, 7) is 1.60. The molecule has 7 nitrogen and oxygen atoms in total. The van der Waals surface area contributed by atoms with Crippen LogP contribution in [-0.2, 0) is 9.53 Å². The minimum atomic E-state index is -0.720. The summed E-state index contributed by atoms with van der Waals surface area (Å²) in [7, 11) is 2.70. The molecule has 0 fully saturated rings. The zero-order chi connectivity index (χ0) is 15.6. The van der Waals surface area contributed by atoms with Gasteiger partial charge >= 0.3 is 12.0 Å². The molecule has 112 valence electrons. The lowest BCUT2D eigenvalue weighted by molar-refractivity contribution is -0.143. The first-order valence-corrected chi connectivity index (χ1v) is 6.28. The van der Waals surface area contributed by atoms with Crippen LogP contribution < -0.4 is 10.1 Å². The summed E-state index contributed by atoms with van der Waals surface area (Å²) in [6, 6.07) is 3.46. The van der Waals surface area contributed by atoms with Crippen molar-refractivity contribution in [2.45, 2.75) is 13.0 Å². The van der Waals surface area contributed by atoms with Crippen molar-refractivity contribution in [1.29, 1.82) is 0 Å². The van der Waals surface area contributed by atoms with Crippen molar-refractivity contribution >= 4 is 17.7 Å². The largest absolute Gasteiger partial charge is 0.504 e. The van der Waals surface area contributed by atoms with E-state index in [1.54, 1.807) is 19.1 Å². The first-order chi connectivity index (χ1) is 9.97. The standard InChI is InChI=1S/C14H16N2O5/c1-7-11(13(18)21-3)12(16-14(19)15-7)8-4-5-9(17)10(6-8)20-2/h4-6,11-12,17H,1-3H3,(H,16,19). The van der Waals surface area contributed by atoms with Crippen LogP contribution in [0.1, 0.15) is 18.5 Å². The Hall–Kier alpha value is -2.57. The van der Waals surface area contributed by atoms with Crippen molar-refractivity contribution in [2.24, 2.45) is 10.9 Å². The fourth-order valence-corrected chi connectivity index (χ4v) is 2.32. The number of benzene rings is 1. The molecule has 2 atom stereocenters. The zero-order valence-electron chi connectivity index (χ0n) is 11.9. The van der Waals surface area contributed by atoms with Crippen LogP contribution >= 0.6 is 0 Å². The number of nitrogens with zero attached hydrogens (tertiary/aromatic N) is 1. The molecular weight excluding hydrogens is 276 g/mol. The molecule has 7 heteroatoms. The summed E-state index contributed by atoms with van der Waals surface area (Å²) >= 11 is 0. The number of methoxy groups -OCH3 is 2. The van der Waals surface area contributed by atoms with Gasteiger partial charge in [-0.25, -0.2) is 9.79 Å². The Morgan fingerprint density at radius 3 is 2.71 bits per heavy atom. The predicted octanol–water partition coefficient (Wildman–Crippen LogP) is 1.42. The van der Waals surface area contributed by atoms with Gasteiger partial charge in [0.15, 0.2) is 11.5 Å². The molecule has 1 heterocycles.